The van der Waals surface area contributed by atoms with Crippen molar-refractivity contribution in [2.75, 3.05) is 24.7 Å². The van der Waals surface area contributed by atoms with Crippen LogP contribution in [0.1, 0.15) is 41.1 Å². The van der Waals surface area contributed by atoms with E-state index in [9.17, 15) is 14.4 Å². The predicted molar refractivity (Wildman–Crippen MR) is 121 cm³/mol. The average Bonchev–Trinajstić information content (AvgIpc) is 3.22. The third kappa shape index (κ3) is 5.40. The molecule has 9 nitrogen and oxygen atoms in total. The van der Waals surface area contributed by atoms with Crippen LogP contribution in [0.3, 0.4) is 0 Å². The summed E-state index contributed by atoms with van der Waals surface area (Å²) in [7, 11) is 5.07. The molecular weight excluding hydrogens is 418 g/mol. The van der Waals surface area contributed by atoms with Gasteiger partial charge in [0.15, 0.2) is 5.82 Å². The number of nitrogens with zero attached hydrogens (tertiary/aromatic N) is 3. The molecule has 0 aliphatic rings. The van der Waals surface area contributed by atoms with Crippen LogP contribution in [0.2, 0.25) is 0 Å². The monoisotopic (exact) mass is 443 g/mol. The molecule has 0 unspecified atom stereocenters. The number of aromatic nitrogens is 2. The van der Waals surface area contributed by atoms with Crippen molar-refractivity contribution in [1.82, 2.24) is 14.5 Å². The molecule has 0 atom stereocenters. The number of carbonyl (C=O) groups is 3. The molecule has 3 aromatic rings. The number of thiophene rings is 1. The molecule has 164 valence electrons. The lowest BCUT2D eigenvalue weighted by atomic mass is 10.2. The van der Waals surface area contributed by atoms with Crippen LogP contribution in [0.25, 0.3) is 10.1 Å². The number of ether oxygens (including phenoxy) is 1. The van der Waals surface area contributed by atoms with Crippen LogP contribution in [0.15, 0.2) is 30.5 Å². The van der Waals surface area contributed by atoms with Gasteiger partial charge in [0.1, 0.15) is 5.60 Å². The Labute approximate surface area is 184 Å². The molecular formula is C21H25N5O4S. The fraction of sp³-hybridized carbons (Fsp3) is 0.333. The van der Waals surface area contributed by atoms with Crippen molar-refractivity contribution >= 4 is 50.8 Å². The molecule has 10 heteroatoms. The van der Waals surface area contributed by atoms with E-state index in [1.165, 1.54) is 27.0 Å². The number of benzene rings is 1. The van der Waals surface area contributed by atoms with Gasteiger partial charge in [-0.05, 0) is 50.4 Å². The summed E-state index contributed by atoms with van der Waals surface area (Å²) in [5, 5.41) is 6.18. The molecule has 31 heavy (non-hydrogen) atoms. The summed E-state index contributed by atoms with van der Waals surface area (Å²) in [6, 6.07) is 7.24. The highest BCUT2D eigenvalue weighted by molar-refractivity contribution is 7.20. The van der Waals surface area contributed by atoms with Crippen LogP contribution in [0.5, 0.6) is 0 Å². The van der Waals surface area contributed by atoms with Crippen molar-refractivity contribution in [2.24, 2.45) is 7.05 Å². The number of nitrogens with one attached hydrogen (secondary N) is 2. The summed E-state index contributed by atoms with van der Waals surface area (Å²) in [6.07, 6.45) is 0.878. The van der Waals surface area contributed by atoms with Gasteiger partial charge in [0.05, 0.1) is 4.88 Å². The molecule has 0 aliphatic heterocycles. The first-order valence-corrected chi connectivity index (χ1v) is 10.3. The number of imidazole rings is 1. The maximum Gasteiger partial charge on any atom is 0.413 e. The van der Waals surface area contributed by atoms with Crippen molar-refractivity contribution in [2.45, 2.75) is 26.4 Å². The van der Waals surface area contributed by atoms with E-state index in [0.29, 0.717) is 10.6 Å². The van der Waals surface area contributed by atoms with Crippen LogP contribution in [-0.4, -0.2) is 52.1 Å². The van der Waals surface area contributed by atoms with Gasteiger partial charge in [0, 0.05) is 37.7 Å². The number of hydrogen-bond acceptors (Lipinski definition) is 6. The average molecular weight is 444 g/mol. The molecule has 0 fully saturated rings. The van der Waals surface area contributed by atoms with Gasteiger partial charge < -0.3 is 19.5 Å². The number of amides is 3. The molecule has 2 aromatic heterocycles. The first-order valence-electron chi connectivity index (χ1n) is 9.53. The first-order chi connectivity index (χ1) is 14.4. The zero-order chi connectivity index (χ0) is 22.9. The SMILES string of the molecule is CN(C)C(=O)c1cc2cc(NC(=O)c3nc(NC(=O)OC(C)(C)C)cn3C)ccc2s1. The first kappa shape index (κ1) is 22.3. The second-order valence-corrected chi connectivity index (χ2v) is 9.29. The van der Waals surface area contributed by atoms with E-state index in [4.69, 9.17) is 4.74 Å². The maximum atomic E-state index is 12.7. The third-order valence-corrected chi connectivity index (χ3v) is 5.20. The Morgan fingerprint density at radius 3 is 2.48 bits per heavy atom. The molecule has 0 saturated carbocycles. The lowest BCUT2D eigenvalue weighted by molar-refractivity contribution is 0.0634. The van der Waals surface area contributed by atoms with Gasteiger partial charge in [-0.15, -0.1) is 11.3 Å². The lowest BCUT2D eigenvalue weighted by Gasteiger charge is -2.18. The summed E-state index contributed by atoms with van der Waals surface area (Å²) < 4.78 is 7.66. The zero-order valence-corrected chi connectivity index (χ0v) is 19.1. The Morgan fingerprint density at radius 1 is 1.13 bits per heavy atom. The van der Waals surface area contributed by atoms with Gasteiger partial charge in [0.2, 0.25) is 5.82 Å². The number of rotatable bonds is 4. The molecule has 0 radical (unpaired) electrons. The van der Waals surface area contributed by atoms with Crippen molar-refractivity contribution < 1.29 is 19.1 Å². The van der Waals surface area contributed by atoms with E-state index < -0.39 is 17.6 Å². The minimum Gasteiger partial charge on any atom is -0.444 e. The molecule has 0 spiro atoms. The quantitative estimate of drug-likeness (QED) is 0.635. The van der Waals surface area contributed by atoms with Gasteiger partial charge in [-0.25, -0.2) is 9.78 Å². The highest BCUT2D eigenvalue weighted by Gasteiger charge is 2.20. The summed E-state index contributed by atoms with van der Waals surface area (Å²) in [5.74, 6) is -0.161. The lowest BCUT2D eigenvalue weighted by Crippen LogP contribution is -2.27. The minimum absolute atomic E-state index is 0.0650. The Kier molecular flexibility index (Phi) is 6.03. The van der Waals surface area contributed by atoms with Crippen LogP contribution in [0, 0.1) is 0 Å². The van der Waals surface area contributed by atoms with E-state index in [2.05, 4.69) is 15.6 Å². The molecule has 0 aliphatic carbocycles. The number of hydrogen-bond donors (Lipinski definition) is 2. The molecule has 3 amide bonds. The molecule has 0 bridgehead atoms. The Hall–Kier alpha value is -3.40. The molecule has 0 saturated heterocycles. The summed E-state index contributed by atoms with van der Waals surface area (Å²) in [4.78, 5) is 43.1. The van der Waals surface area contributed by atoms with Crippen LogP contribution in [-0.2, 0) is 11.8 Å². The third-order valence-electron chi connectivity index (χ3n) is 4.10. The molecule has 3 rings (SSSR count). The van der Waals surface area contributed by atoms with Gasteiger partial charge in [0.25, 0.3) is 11.8 Å². The van der Waals surface area contributed by atoms with E-state index in [-0.39, 0.29) is 17.5 Å². The minimum atomic E-state index is -0.649. The van der Waals surface area contributed by atoms with Gasteiger partial charge in [-0.2, -0.15) is 0 Å². The van der Waals surface area contributed by atoms with Gasteiger partial charge >= 0.3 is 6.09 Å². The maximum absolute atomic E-state index is 12.7. The summed E-state index contributed by atoms with van der Waals surface area (Å²) in [6.45, 7) is 5.27. The highest BCUT2D eigenvalue weighted by atomic mass is 32.1. The van der Waals surface area contributed by atoms with E-state index in [1.807, 2.05) is 12.1 Å². The van der Waals surface area contributed by atoms with Gasteiger partial charge in [-0.3, -0.25) is 14.9 Å². The molecule has 1 aromatic carbocycles. The van der Waals surface area contributed by atoms with Crippen molar-refractivity contribution in [1.29, 1.82) is 0 Å². The van der Waals surface area contributed by atoms with Crippen molar-refractivity contribution in [3.8, 4) is 0 Å². The van der Waals surface area contributed by atoms with Crippen LogP contribution in [0.4, 0.5) is 16.3 Å². The Morgan fingerprint density at radius 2 is 1.84 bits per heavy atom. The number of anilines is 2. The summed E-state index contributed by atoms with van der Waals surface area (Å²) >= 11 is 1.40. The standard InChI is InChI=1S/C21H25N5O4S/c1-21(2,3)30-20(29)24-16-11-26(6)17(23-16)18(27)22-13-7-8-14-12(9-13)10-15(31-14)19(28)25(4)5/h7-11H,1-6H3,(H,22,27)(H,24,29). The second-order valence-electron chi connectivity index (χ2n) is 8.20. The number of aryl methyl sites for hydroxylation is 1. The number of carbonyl (C=O) groups excluding carboxylic acids is 3. The predicted octanol–water partition coefficient (Wildman–Crippen LogP) is 3.94. The summed E-state index contributed by atoms with van der Waals surface area (Å²) in [5.41, 5.74) is -0.0695. The van der Waals surface area contributed by atoms with Gasteiger partial charge in [-0.1, -0.05) is 0 Å². The fourth-order valence-electron chi connectivity index (χ4n) is 2.78. The molecule has 2 N–H and O–H groups in total. The largest absolute Gasteiger partial charge is 0.444 e. The highest BCUT2D eigenvalue weighted by Crippen LogP contribution is 2.29. The normalized spacial score (nSPS) is 11.3. The Balaban J connectivity index is 1.74. The zero-order valence-electron chi connectivity index (χ0n) is 18.3. The molecule has 2 heterocycles. The van der Waals surface area contributed by atoms with Crippen LogP contribution >= 0.6 is 11.3 Å². The van der Waals surface area contributed by atoms with Crippen LogP contribution < -0.4 is 10.6 Å². The van der Waals surface area contributed by atoms with E-state index >= 15 is 0 Å². The van der Waals surface area contributed by atoms with Crippen molar-refractivity contribution in [3.05, 3.63) is 41.2 Å². The van der Waals surface area contributed by atoms with E-state index in [1.54, 1.807) is 54.0 Å². The van der Waals surface area contributed by atoms with E-state index in [0.717, 1.165) is 10.1 Å². The Bertz CT molecular complexity index is 1160. The fourth-order valence-corrected chi connectivity index (χ4v) is 3.84. The number of fused-ring (bicyclic) bond motifs is 1. The topological polar surface area (TPSA) is 106 Å². The second kappa shape index (κ2) is 8.38. The van der Waals surface area contributed by atoms with Crippen molar-refractivity contribution in [3.63, 3.8) is 0 Å². The smallest absolute Gasteiger partial charge is 0.413 e.